The highest BCUT2D eigenvalue weighted by molar-refractivity contribution is 14.0. The summed E-state index contributed by atoms with van der Waals surface area (Å²) in [6, 6.07) is 18.5. The van der Waals surface area contributed by atoms with Crippen LogP contribution in [0.4, 0.5) is 5.69 Å². The Labute approximate surface area is 191 Å². The Morgan fingerprint density at radius 3 is 2.59 bits per heavy atom. The quantitative estimate of drug-likeness (QED) is 0.316. The first-order valence-electron chi connectivity index (χ1n) is 10.2. The van der Waals surface area contributed by atoms with Crippen LogP contribution in [-0.4, -0.2) is 43.1 Å². The van der Waals surface area contributed by atoms with Gasteiger partial charge in [0.1, 0.15) is 5.75 Å². The van der Waals surface area contributed by atoms with Gasteiger partial charge in [-0.15, -0.1) is 24.0 Å². The predicted octanol–water partition coefficient (Wildman–Crippen LogP) is 4.38. The van der Waals surface area contributed by atoms with Crippen LogP contribution in [0.3, 0.4) is 0 Å². The molecule has 158 valence electrons. The number of hydrogen-bond acceptors (Lipinski definition) is 3. The lowest BCUT2D eigenvalue weighted by atomic mass is 10.1. The topological polar surface area (TPSA) is 62.9 Å². The Kier molecular flexibility index (Phi) is 9.73. The van der Waals surface area contributed by atoms with Crippen molar-refractivity contribution in [3.05, 3.63) is 60.2 Å². The van der Waals surface area contributed by atoms with E-state index in [1.54, 1.807) is 0 Å². The standard InChI is InChI=1S/C23H32N4O.HI/c1-18(2)28-22-10-8-21(9-11-22)26-23(24)25-16-20-13-15-27(17-20)14-12-19-6-4-3-5-7-19;/h3-11,18,20H,12-17H2,1-2H3,(H3,24,25,26);1H. The maximum absolute atomic E-state index is 6.07. The van der Waals surface area contributed by atoms with Gasteiger partial charge < -0.3 is 20.7 Å². The van der Waals surface area contributed by atoms with Crippen molar-refractivity contribution in [1.82, 2.24) is 4.90 Å². The van der Waals surface area contributed by atoms with E-state index in [9.17, 15) is 0 Å². The van der Waals surface area contributed by atoms with Gasteiger partial charge in [0.05, 0.1) is 6.10 Å². The average Bonchev–Trinajstić information content (AvgIpc) is 3.15. The lowest BCUT2D eigenvalue weighted by Gasteiger charge is -2.15. The Hall–Kier alpha value is -1.80. The number of nitrogens with two attached hydrogens (primary N) is 1. The van der Waals surface area contributed by atoms with E-state index in [0.29, 0.717) is 11.9 Å². The van der Waals surface area contributed by atoms with Crippen LogP contribution in [0.25, 0.3) is 0 Å². The minimum absolute atomic E-state index is 0. The number of likely N-dealkylation sites (tertiary alicyclic amines) is 1. The zero-order valence-corrected chi connectivity index (χ0v) is 19.7. The third-order valence-corrected chi connectivity index (χ3v) is 4.95. The number of anilines is 1. The Morgan fingerprint density at radius 1 is 1.17 bits per heavy atom. The van der Waals surface area contributed by atoms with Gasteiger partial charge in [0.25, 0.3) is 0 Å². The molecule has 3 rings (SSSR count). The van der Waals surface area contributed by atoms with Gasteiger partial charge in [-0.3, -0.25) is 4.99 Å². The molecule has 2 aromatic rings. The van der Waals surface area contributed by atoms with E-state index in [-0.39, 0.29) is 30.1 Å². The maximum Gasteiger partial charge on any atom is 0.193 e. The summed E-state index contributed by atoms with van der Waals surface area (Å²) in [7, 11) is 0. The van der Waals surface area contributed by atoms with E-state index in [1.807, 2.05) is 38.1 Å². The molecule has 1 aliphatic heterocycles. The molecule has 0 bridgehead atoms. The van der Waals surface area contributed by atoms with Gasteiger partial charge in [-0.25, -0.2) is 0 Å². The molecular formula is C23H33IN4O. The Bertz CT molecular complexity index is 749. The van der Waals surface area contributed by atoms with Gasteiger partial charge in [-0.05, 0) is 69.0 Å². The lowest BCUT2D eigenvalue weighted by molar-refractivity contribution is 0.242. The number of halogens is 1. The number of ether oxygens (including phenoxy) is 1. The van der Waals surface area contributed by atoms with Crippen LogP contribution >= 0.6 is 24.0 Å². The largest absolute Gasteiger partial charge is 0.491 e. The van der Waals surface area contributed by atoms with Gasteiger partial charge in [0.2, 0.25) is 0 Å². The fourth-order valence-corrected chi connectivity index (χ4v) is 3.50. The number of rotatable bonds is 8. The van der Waals surface area contributed by atoms with Crippen molar-refractivity contribution in [1.29, 1.82) is 0 Å². The van der Waals surface area contributed by atoms with Crippen LogP contribution in [0.5, 0.6) is 5.75 Å². The molecule has 0 amide bonds. The van der Waals surface area contributed by atoms with Crippen LogP contribution < -0.4 is 15.8 Å². The summed E-state index contributed by atoms with van der Waals surface area (Å²) < 4.78 is 5.65. The number of benzene rings is 2. The highest BCUT2D eigenvalue weighted by atomic mass is 127. The first-order valence-corrected chi connectivity index (χ1v) is 10.2. The van der Waals surface area contributed by atoms with Crippen molar-refractivity contribution in [2.75, 3.05) is 31.5 Å². The zero-order valence-electron chi connectivity index (χ0n) is 17.4. The zero-order chi connectivity index (χ0) is 19.8. The monoisotopic (exact) mass is 508 g/mol. The third kappa shape index (κ3) is 8.22. The van der Waals surface area contributed by atoms with Crippen LogP contribution in [-0.2, 0) is 6.42 Å². The van der Waals surface area contributed by atoms with Crippen LogP contribution in [0.2, 0.25) is 0 Å². The van der Waals surface area contributed by atoms with Crippen LogP contribution in [0.15, 0.2) is 59.6 Å². The Morgan fingerprint density at radius 2 is 1.90 bits per heavy atom. The molecular weight excluding hydrogens is 475 g/mol. The number of nitrogens with zero attached hydrogens (tertiary/aromatic N) is 2. The number of guanidine groups is 1. The minimum atomic E-state index is 0. The highest BCUT2D eigenvalue weighted by Crippen LogP contribution is 2.18. The summed E-state index contributed by atoms with van der Waals surface area (Å²) in [5.41, 5.74) is 8.40. The van der Waals surface area contributed by atoms with E-state index in [1.165, 1.54) is 12.0 Å². The molecule has 1 fully saturated rings. The molecule has 29 heavy (non-hydrogen) atoms. The predicted molar refractivity (Wildman–Crippen MR) is 132 cm³/mol. The Balaban J connectivity index is 0.00000300. The van der Waals surface area contributed by atoms with E-state index < -0.39 is 0 Å². The van der Waals surface area contributed by atoms with Crippen molar-refractivity contribution in [3.8, 4) is 5.75 Å². The summed E-state index contributed by atoms with van der Waals surface area (Å²) in [5, 5.41) is 3.16. The van der Waals surface area contributed by atoms with Crippen molar-refractivity contribution in [2.45, 2.75) is 32.8 Å². The average molecular weight is 508 g/mol. The second kappa shape index (κ2) is 12.0. The summed E-state index contributed by atoms with van der Waals surface area (Å²) in [4.78, 5) is 7.08. The molecule has 5 nitrogen and oxygen atoms in total. The van der Waals surface area contributed by atoms with Crippen LogP contribution in [0.1, 0.15) is 25.8 Å². The van der Waals surface area contributed by atoms with E-state index in [4.69, 9.17) is 10.5 Å². The SMILES string of the molecule is CC(C)Oc1ccc(NC(N)=NCC2CCN(CCc3ccccc3)C2)cc1.I. The van der Waals surface area contributed by atoms with Gasteiger partial charge >= 0.3 is 0 Å². The molecule has 1 saturated heterocycles. The highest BCUT2D eigenvalue weighted by Gasteiger charge is 2.21. The summed E-state index contributed by atoms with van der Waals surface area (Å²) in [6.07, 6.45) is 2.47. The fraction of sp³-hybridized carbons (Fsp3) is 0.435. The van der Waals surface area contributed by atoms with E-state index >= 15 is 0 Å². The molecule has 3 N–H and O–H groups in total. The molecule has 0 saturated carbocycles. The van der Waals surface area contributed by atoms with Crippen LogP contribution in [0, 0.1) is 5.92 Å². The number of aliphatic imine (C=N–C) groups is 1. The van der Waals surface area contributed by atoms with Gasteiger partial charge in [0.15, 0.2) is 5.96 Å². The van der Waals surface area contributed by atoms with Crippen molar-refractivity contribution >= 4 is 35.6 Å². The molecule has 0 aliphatic carbocycles. The second-order valence-corrected chi connectivity index (χ2v) is 7.73. The summed E-state index contributed by atoms with van der Waals surface area (Å²) in [5.74, 6) is 1.91. The molecule has 0 spiro atoms. The lowest BCUT2D eigenvalue weighted by Crippen LogP contribution is -2.26. The number of hydrogen-bond donors (Lipinski definition) is 2. The maximum atomic E-state index is 6.07. The first kappa shape index (κ1) is 23.5. The first-order chi connectivity index (χ1) is 13.6. The van der Waals surface area contributed by atoms with Crippen molar-refractivity contribution < 1.29 is 4.74 Å². The molecule has 1 heterocycles. The summed E-state index contributed by atoms with van der Waals surface area (Å²) in [6.45, 7) is 8.17. The molecule has 0 aromatic heterocycles. The summed E-state index contributed by atoms with van der Waals surface area (Å²) >= 11 is 0. The molecule has 1 unspecified atom stereocenters. The smallest absolute Gasteiger partial charge is 0.193 e. The molecule has 2 aromatic carbocycles. The van der Waals surface area contributed by atoms with Gasteiger partial charge in [0, 0.05) is 25.3 Å². The third-order valence-electron chi connectivity index (χ3n) is 4.95. The molecule has 0 radical (unpaired) electrons. The van der Waals surface area contributed by atoms with Gasteiger partial charge in [-0.1, -0.05) is 30.3 Å². The van der Waals surface area contributed by atoms with E-state index in [0.717, 1.165) is 44.0 Å². The normalized spacial score (nSPS) is 17.2. The molecule has 6 heteroatoms. The minimum Gasteiger partial charge on any atom is -0.491 e. The van der Waals surface area contributed by atoms with Crippen molar-refractivity contribution in [2.24, 2.45) is 16.6 Å². The van der Waals surface area contributed by atoms with Gasteiger partial charge in [-0.2, -0.15) is 0 Å². The van der Waals surface area contributed by atoms with Crippen molar-refractivity contribution in [3.63, 3.8) is 0 Å². The molecule has 1 aliphatic rings. The second-order valence-electron chi connectivity index (χ2n) is 7.73. The van der Waals surface area contributed by atoms with E-state index in [2.05, 4.69) is 45.5 Å². The number of nitrogens with one attached hydrogen (secondary N) is 1. The fourth-order valence-electron chi connectivity index (χ4n) is 3.50. The molecule has 1 atom stereocenters.